The fourth-order valence-corrected chi connectivity index (χ4v) is 2.57. The third kappa shape index (κ3) is 4.56. The number of aryl methyl sites for hydroxylation is 1. The Morgan fingerprint density at radius 2 is 2.14 bits per heavy atom. The molecule has 7 nitrogen and oxygen atoms in total. The summed E-state index contributed by atoms with van der Waals surface area (Å²) in [4.78, 5) is 29.0. The van der Waals surface area contributed by atoms with Crippen LogP contribution in [0.2, 0.25) is 0 Å². The van der Waals surface area contributed by atoms with Crippen LogP contribution in [0, 0.1) is 0 Å². The molecule has 1 fully saturated rings. The van der Waals surface area contributed by atoms with Gasteiger partial charge in [-0.1, -0.05) is 0 Å². The maximum Gasteiger partial charge on any atom is 0.224 e. The minimum atomic E-state index is -0.597. The summed E-state index contributed by atoms with van der Waals surface area (Å²) in [7, 11) is 0. The van der Waals surface area contributed by atoms with Crippen molar-refractivity contribution in [3.05, 3.63) is 18.7 Å². The number of aliphatic hydroxyl groups is 1. The van der Waals surface area contributed by atoms with Crippen LogP contribution >= 0.6 is 0 Å². The van der Waals surface area contributed by atoms with Crippen molar-refractivity contribution in [2.45, 2.75) is 44.9 Å². The highest BCUT2D eigenvalue weighted by Gasteiger charge is 2.27. The molecule has 0 saturated carbocycles. The number of likely N-dealkylation sites (tertiary alicyclic amines) is 1. The van der Waals surface area contributed by atoms with E-state index in [1.54, 1.807) is 17.4 Å². The highest BCUT2D eigenvalue weighted by molar-refractivity contribution is 5.76. The van der Waals surface area contributed by atoms with Crippen LogP contribution in [0.15, 0.2) is 18.7 Å². The predicted molar refractivity (Wildman–Crippen MR) is 76.3 cm³/mol. The van der Waals surface area contributed by atoms with Gasteiger partial charge >= 0.3 is 0 Å². The largest absolute Gasteiger partial charge is 0.391 e. The molecule has 0 aliphatic carbocycles. The molecule has 1 aliphatic heterocycles. The number of imidazole rings is 1. The Hall–Kier alpha value is -1.89. The number of rotatable bonds is 4. The molecule has 1 saturated heterocycles. The summed E-state index contributed by atoms with van der Waals surface area (Å²) in [6.45, 7) is 3.13. The predicted octanol–water partition coefficient (Wildman–Crippen LogP) is -0.239. The van der Waals surface area contributed by atoms with Gasteiger partial charge in [-0.15, -0.1) is 0 Å². The van der Waals surface area contributed by atoms with Crippen LogP contribution in [0.5, 0.6) is 0 Å². The van der Waals surface area contributed by atoms with Gasteiger partial charge in [-0.3, -0.25) is 9.59 Å². The van der Waals surface area contributed by atoms with Gasteiger partial charge in [0.05, 0.1) is 18.5 Å². The van der Waals surface area contributed by atoms with E-state index in [9.17, 15) is 14.7 Å². The molecular weight excluding hydrogens is 272 g/mol. The van der Waals surface area contributed by atoms with E-state index in [4.69, 9.17) is 0 Å². The van der Waals surface area contributed by atoms with Crippen molar-refractivity contribution in [2.24, 2.45) is 0 Å². The molecule has 116 valence electrons. The minimum absolute atomic E-state index is 0.0689. The van der Waals surface area contributed by atoms with E-state index in [2.05, 4.69) is 10.3 Å². The number of carbonyl (C=O) groups is 2. The van der Waals surface area contributed by atoms with Crippen LogP contribution in [0.4, 0.5) is 0 Å². The van der Waals surface area contributed by atoms with Gasteiger partial charge < -0.3 is 19.9 Å². The first-order valence-electron chi connectivity index (χ1n) is 7.25. The molecule has 1 aromatic rings. The van der Waals surface area contributed by atoms with Gasteiger partial charge in [0.2, 0.25) is 11.8 Å². The van der Waals surface area contributed by atoms with Crippen molar-refractivity contribution in [3.63, 3.8) is 0 Å². The Morgan fingerprint density at radius 3 is 2.81 bits per heavy atom. The quantitative estimate of drug-likeness (QED) is 0.802. The SMILES string of the molecule is CC(=O)N[C@H]1CCN(C(=O)CCn2ccnc2)CC[C@@H]1O. The lowest BCUT2D eigenvalue weighted by atomic mass is 10.1. The zero-order valence-corrected chi connectivity index (χ0v) is 12.2. The zero-order chi connectivity index (χ0) is 15.2. The van der Waals surface area contributed by atoms with Gasteiger partial charge in [-0.2, -0.15) is 0 Å². The highest BCUT2D eigenvalue weighted by atomic mass is 16.3. The molecule has 2 N–H and O–H groups in total. The summed E-state index contributed by atoms with van der Waals surface area (Å²) in [5.41, 5.74) is 0. The third-order valence-corrected chi connectivity index (χ3v) is 3.75. The molecule has 2 heterocycles. The van der Waals surface area contributed by atoms with Gasteiger partial charge in [0.15, 0.2) is 0 Å². The molecule has 0 bridgehead atoms. The number of hydrogen-bond acceptors (Lipinski definition) is 4. The van der Waals surface area contributed by atoms with E-state index in [1.807, 2.05) is 10.8 Å². The molecule has 0 spiro atoms. The van der Waals surface area contributed by atoms with Crippen molar-refractivity contribution >= 4 is 11.8 Å². The molecule has 1 aliphatic rings. The Morgan fingerprint density at radius 1 is 1.38 bits per heavy atom. The Labute approximate surface area is 124 Å². The molecule has 7 heteroatoms. The van der Waals surface area contributed by atoms with E-state index < -0.39 is 6.10 Å². The first-order chi connectivity index (χ1) is 10.1. The van der Waals surface area contributed by atoms with E-state index in [1.165, 1.54) is 6.92 Å². The average molecular weight is 294 g/mol. The first kappa shape index (κ1) is 15.5. The highest BCUT2D eigenvalue weighted by Crippen LogP contribution is 2.13. The number of nitrogens with one attached hydrogen (secondary N) is 1. The molecule has 2 amide bonds. The summed E-state index contributed by atoms with van der Waals surface area (Å²) in [5, 5.41) is 12.8. The van der Waals surface area contributed by atoms with Crippen molar-refractivity contribution in [1.29, 1.82) is 0 Å². The maximum absolute atomic E-state index is 12.2. The smallest absolute Gasteiger partial charge is 0.224 e. The lowest BCUT2D eigenvalue weighted by Gasteiger charge is -2.21. The van der Waals surface area contributed by atoms with Gasteiger partial charge in [0.25, 0.3) is 0 Å². The van der Waals surface area contributed by atoms with Crippen LogP contribution < -0.4 is 5.32 Å². The minimum Gasteiger partial charge on any atom is -0.391 e. The second-order valence-electron chi connectivity index (χ2n) is 5.38. The van der Waals surface area contributed by atoms with E-state index >= 15 is 0 Å². The fraction of sp³-hybridized carbons (Fsp3) is 0.643. The molecule has 2 rings (SSSR count). The van der Waals surface area contributed by atoms with Gasteiger partial charge in [-0.25, -0.2) is 4.98 Å². The Bertz CT molecular complexity index is 475. The molecule has 2 atom stereocenters. The molecular formula is C14H22N4O3. The second-order valence-corrected chi connectivity index (χ2v) is 5.38. The van der Waals surface area contributed by atoms with Crippen LogP contribution in [-0.2, 0) is 16.1 Å². The lowest BCUT2D eigenvalue weighted by molar-refractivity contribution is -0.131. The van der Waals surface area contributed by atoms with Crippen LogP contribution in [0.25, 0.3) is 0 Å². The number of aliphatic hydroxyl groups excluding tert-OH is 1. The van der Waals surface area contributed by atoms with Gasteiger partial charge in [-0.05, 0) is 12.8 Å². The third-order valence-electron chi connectivity index (χ3n) is 3.75. The molecule has 1 aromatic heterocycles. The van der Waals surface area contributed by atoms with Gasteiger partial charge in [0.1, 0.15) is 0 Å². The maximum atomic E-state index is 12.2. The van der Waals surface area contributed by atoms with E-state index in [0.29, 0.717) is 38.9 Å². The van der Waals surface area contributed by atoms with E-state index in [-0.39, 0.29) is 17.9 Å². The van der Waals surface area contributed by atoms with E-state index in [0.717, 1.165) is 0 Å². The number of amides is 2. The number of aromatic nitrogens is 2. The molecule has 0 unspecified atom stereocenters. The summed E-state index contributed by atoms with van der Waals surface area (Å²) < 4.78 is 1.87. The standard InChI is InChI=1S/C14H22N4O3/c1-11(19)16-12-2-7-18(8-3-13(12)20)14(21)4-6-17-9-5-15-10-17/h5,9-10,12-13,20H,2-4,6-8H2,1H3,(H,16,19)/t12-,13-/m0/s1. The monoisotopic (exact) mass is 294 g/mol. The average Bonchev–Trinajstić information content (AvgIpc) is 2.89. The van der Waals surface area contributed by atoms with Crippen LogP contribution in [0.3, 0.4) is 0 Å². The van der Waals surface area contributed by atoms with Crippen LogP contribution in [0.1, 0.15) is 26.2 Å². The summed E-state index contributed by atoms with van der Waals surface area (Å²) in [6.07, 6.45) is 6.08. The normalized spacial score (nSPS) is 22.7. The van der Waals surface area contributed by atoms with Crippen LogP contribution in [-0.4, -0.2) is 56.6 Å². The van der Waals surface area contributed by atoms with Crippen molar-refractivity contribution in [1.82, 2.24) is 19.8 Å². The van der Waals surface area contributed by atoms with Crippen molar-refractivity contribution < 1.29 is 14.7 Å². The number of carbonyl (C=O) groups excluding carboxylic acids is 2. The fourth-order valence-electron chi connectivity index (χ4n) is 2.57. The van der Waals surface area contributed by atoms with Crippen molar-refractivity contribution in [3.8, 4) is 0 Å². The Kier molecular flexibility index (Phi) is 5.32. The summed E-state index contributed by atoms with van der Waals surface area (Å²) in [6, 6.07) is -0.269. The topological polar surface area (TPSA) is 87.5 Å². The number of hydrogen-bond donors (Lipinski definition) is 2. The summed E-state index contributed by atoms with van der Waals surface area (Å²) >= 11 is 0. The molecule has 21 heavy (non-hydrogen) atoms. The zero-order valence-electron chi connectivity index (χ0n) is 12.2. The van der Waals surface area contributed by atoms with Gasteiger partial charge in [0, 0.05) is 45.4 Å². The Balaban J connectivity index is 1.83. The second kappa shape index (κ2) is 7.21. The lowest BCUT2D eigenvalue weighted by Crippen LogP contribution is -2.42. The molecule has 0 aromatic carbocycles. The number of nitrogens with zero attached hydrogens (tertiary/aromatic N) is 3. The first-order valence-corrected chi connectivity index (χ1v) is 7.25. The van der Waals surface area contributed by atoms with Crippen molar-refractivity contribution in [2.75, 3.05) is 13.1 Å². The summed E-state index contributed by atoms with van der Waals surface area (Å²) in [5.74, 6) is -0.0849. The molecule has 0 radical (unpaired) electrons.